The van der Waals surface area contributed by atoms with Gasteiger partial charge in [0.25, 0.3) is 0 Å². The van der Waals surface area contributed by atoms with Gasteiger partial charge in [0, 0.05) is 17.3 Å². The molecule has 0 aromatic carbocycles. The Kier molecular flexibility index (Phi) is 20.1. The molecule has 0 aromatic rings. The topological polar surface area (TPSA) is 95.2 Å². The van der Waals surface area contributed by atoms with Crippen molar-refractivity contribution >= 4 is 58.6 Å². The van der Waals surface area contributed by atoms with E-state index in [0.29, 0.717) is 5.75 Å². The Bertz CT molecular complexity index is 321. The van der Waals surface area contributed by atoms with E-state index < -0.39 is 0 Å². The molecule has 0 saturated carbocycles. The van der Waals surface area contributed by atoms with E-state index in [9.17, 15) is 0 Å². The Morgan fingerprint density at radius 1 is 0.824 bits per heavy atom. The highest BCUT2D eigenvalue weighted by Crippen LogP contribution is 2.17. The summed E-state index contributed by atoms with van der Waals surface area (Å²) in [5, 5.41) is 39.6. The molecule has 9 heteroatoms. The van der Waals surface area contributed by atoms with Gasteiger partial charge >= 0.3 is 0 Å². The molecular formula is C8H7ClN4S4. The average Bonchev–Trinajstić information content (AvgIpc) is 2.33. The summed E-state index contributed by atoms with van der Waals surface area (Å²) in [7, 11) is 0. The highest BCUT2D eigenvalue weighted by Gasteiger charge is 2.02. The number of rotatable bonds is 6. The molecule has 17 heavy (non-hydrogen) atoms. The van der Waals surface area contributed by atoms with Crippen LogP contribution >= 0.6 is 58.6 Å². The molecule has 90 valence electrons. The van der Waals surface area contributed by atoms with Crippen LogP contribution in [0.2, 0.25) is 0 Å². The van der Waals surface area contributed by atoms with E-state index in [-0.39, 0.29) is 4.71 Å². The Hall–Kier alpha value is -0.350. The van der Waals surface area contributed by atoms with Crippen LogP contribution < -0.4 is 0 Å². The largest absolute Gasteiger partial charge is 0.185 e. The van der Waals surface area contributed by atoms with Gasteiger partial charge in [0.2, 0.25) is 0 Å². The summed E-state index contributed by atoms with van der Waals surface area (Å²) < 4.78 is -0.264. The van der Waals surface area contributed by atoms with Gasteiger partial charge in [-0.05, 0) is 47.0 Å². The maximum Gasteiger partial charge on any atom is 0.134 e. The Morgan fingerprint density at radius 2 is 1.29 bits per heavy atom. The Balaban J connectivity index is 0. The first kappa shape index (κ1) is 19.0. The molecule has 1 atom stereocenters. The van der Waals surface area contributed by atoms with Gasteiger partial charge in [-0.2, -0.15) is 21.0 Å². The minimum absolute atomic E-state index is 0.264. The maximum absolute atomic E-state index is 8.07. The van der Waals surface area contributed by atoms with E-state index in [1.165, 1.54) is 23.5 Å². The van der Waals surface area contributed by atoms with Gasteiger partial charge in [0.05, 0.1) is 0 Å². The lowest BCUT2D eigenvalue weighted by Crippen LogP contribution is -1.92. The highest BCUT2D eigenvalue weighted by molar-refractivity contribution is 8.08. The van der Waals surface area contributed by atoms with Crippen LogP contribution in [-0.2, 0) is 0 Å². The molecule has 0 radical (unpaired) electrons. The van der Waals surface area contributed by atoms with Gasteiger partial charge in [-0.15, -0.1) is 11.6 Å². The number of hydrogen-bond acceptors (Lipinski definition) is 8. The molecule has 1 unspecified atom stereocenters. The fourth-order valence-electron chi connectivity index (χ4n) is 0.369. The summed E-state index contributed by atoms with van der Waals surface area (Å²) in [4.78, 5) is 0. The zero-order chi connectivity index (χ0) is 13.4. The zero-order valence-electron chi connectivity index (χ0n) is 8.50. The molecule has 0 aliphatic rings. The molecular weight excluding hydrogens is 316 g/mol. The predicted molar refractivity (Wildman–Crippen MR) is 77.1 cm³/mol. The van der Waals surface area contributed by atoms with Crippen molar-refractivity contribution in [3.8, 4) is 21.6 Å². The van der Waals surface area contributed by atoms with E-state index in [1.54, 1.807) is 0 Å². The van der Waals surface area contributed by atoms with Crippen molar-refractivity contribution in [1.82, 2.24) is 0 Å². The lowest BCUT2D eigenvalue weighted by atomic mass is 10.9. The summed E-state index contributed by atoms with van der Waals surface area (Å²) in [6.45, 7) is 0. The van der Waals surface area contributed by atoms with Crippen molar-refractivity contribution in [2.24, 2.45) is 0 Å². The normalized spacial score (nSPS) is 9.47. The number of alkyl halides is 1. The lowest BCUT2D eigenvalue weighted by Gasteiger charge is -1.95. The van der Waals surface area contributed by atoms with Crippen LogP contribution in [0.4, 0.5) is 0 Å². The molecule has 4 nitrogen and oxygen atoms in total. The van der Waals surface area contributed by atoms with Crippen molar-refractivity contribution in [2.45, 2.75) is 4.71 Å². The number of hydrogen-bond donors (Lipinski definition) is 0. The Morgan fingerprint density at radius 3 is 1.65 bits per heavy atom. The first-order chi connectivity index (χ1) is 8.22. The van der Waals surface area contributed by atoms with E-state index >= 15 is 0 Å². The molecule has 0 heterocycles. The average molecular weight is 323 g/mol. The second-order valence-electron chi connectivity index (χ2n) is 1.90. The molecule has 0 bridgehead atoms. The SMILES string of the molecule is N#CSCC(Cl)SC#N.N#CSCCSC#N. The first-order valence-electron chi connectivity index (χ1n) is 3.94. The number of nitriles is 4. The molecule has 0 amide bonds. The van der Waals surface area contributed by atoms with Gasteiger partial charge in [-0.3, -0.25) is 0 Å². The van der Waals surface area contributed by atoms with Crippen molar-refractivity contribution in [3.63, 3.8) is 0 Å². The minimum Gasteiger partial charge on any atom is -0.185 e. The standard InChI is InChI=1S/C4H3ClN2S2.C4H4N2S2/c5-4(9-3-7)1-8-2-6;5-3-7-1-2-8-4-6/h4H,1H2;1-2H2. The van der Waals surface area contributed by atoms with E-state index in [4.69, 9.17) is 32.6 Å². The smallest absolute Gasteiger partial charge is 0.134 e. The number of thiocyanates is 4. The molecule has 0 fully saturated rings. The van der Waals surface area contributed by atoms with Gasteiger partial charge < -0.3 is 0 Å². The summed E-state index contributed by atoms with van der Waals surface area (Å²) >= 11 is 9.92. The third kappa shape index (κ3) is 21.5. The monoisotopic (exact) mass is 322 g/mol. The summed E-state index contributed by atoms with van der Waals surface area (Å²) in [6, 6.07) is 0. The highest BCUT2D eigenvalue weighted by atomic mass is 35.5. The molecule has 0 spiro atoms. The molecule has 0 saturated heterocycles. The third-order valence-corrected chi connectivity index (χ3v) is 4.18. The molecule has 0 N–H and O–H groups in total. The van der Waals surface area contributed by atoms with Gasteiger partial charge in [-0.25, -0.2) is 0 Å². The van der Waals surface area contributed by atoms with Crippen molar-refractivity contribution in [3.05, 3.63) is 0 Å². The fraction of sp³-hybridized carbons (Fsp3) is 0.500. The predicted octanol–water partition coefficient (Wildman–Crippen LogP) is 3.39. The van der Waals surface area contributed by atoms with Crippen LogP contribution in [0.5, 0.6) is 0 Å². The van der Waals surface area contributed by atoms with Crippen LogP contribution in [0.1, 0.15) is 0 Å². The number of thioether (sulfide) groups is 4. The van der Waals surface area contributed by atoms with E-state index in [2.05, 4.69) is 0 Å². The number of nitrogens with zero attached hydrogens (tertiary/aromatic N) is 4. The van der Waals surface area contributed by atoms with Crippen LogP contribution in [0.3, 0.4) is 0 Å². The van der Waals surface area contributed by atoms with Crippen molar-refractivity contribution in [2.75, 3.05) is 17.3 Å². The fourth-order valence-corrected chi connectivity index (χ4v) is 2.32. The molecule has 0 aromatic heterocycles. The second kappa shape index (κ2) is 18.0. The van der Waals surface area contributed by atoms with Crippen LogP contribution in [0, 0.1) is 42.7 Å². The van der Waals surface area contributed by atoms with Gasteiger partial charge in [0.1, 0.15) is 26.3 Å². The van der Waals surface area contributed by atoms with Crippen LogP contribution in [0.25, 0.3) is 0 Å². The maximum atomic E-state index is 8.07. The van der Waals surface area contributed by atoms with E-state index in [1.807, 2.05) is 21.6 Å². The molecule has 0 aliphatic heterocycles. The third-order valence-electron chi connectivity index (χ3n) is 0.876. The molecule has 0 aliphatic carbocycles. The quantitative estimate of drug-likeness (QED) is 0.417. The number of halogens is 1. The van der Waals surface area contributed by atoms with Crippen LogP contribution in [0.15, 0.2) is 0 Å². The van der Waals surface area contributed by atoms with E-state index in [0.717, 1.165) is 35.0 Å². The second-order valence-corrected chi connectivity index (χ2v) is 6.24. The minimum atomic E-state index is -0.264. The lowest BCUT2D eigenvalue weighted by molar-refractivity contribution is 1.44. The summed E-state index contributed by atoms with van der Waals surface area (Å²) in [6.07, 6.45) is 0. The first-order valence-corrected chi connectivity index (χ1v) is 8.21. The Labute approximate surface area is 123 Å². The van der Waals surface area contributed by atoms with Gasteiger partial charge in [-0.1, -0.05) is 0 Å². The van der Waals surface area contributed by atoms with Crippen molar-refractivity contribution < 1.29 is 0 Å². The molecule has 0 rings (SSSR count). The summed E-state index contributed by atoms with van der Waals surface area (Å²) in [5.41, 5.74) is 0. The van der Waals surface area contributed by atoms with Crippen LogP contribution in [-0.4, -0.2) is 22.0 Å². The zero-order valence-corrected chi connectivity index (χ0v) is 12.5. The summed E-state index contributed by atoms with van der Waals surface area (Å²) in [5.74, 6) is 1.99. The van der Waals surface area contributed by atoms with Crippen molar-refractivity contribution in [1.29, 1.82) is 21.0 Å². The van der Waals surface area contributed by atoms with Gasteiger partial charge in [0.15, 0.2) is 0 Å².